The van der Waals surface area contributed by atoms with Gasteiger partial charge in [-0.2, -0.15) is 0 Å². The molecule has 7 heteroatoms. The molecule has 2 aromatic rings. The van der Waals surface area contributed by atoms with E-state index in [2.05, 4.69) is 20.4 Å². The van der Waals surface area contributed by atoms with Crippen LogP contribution in [0.4, 0.5) is 22.7 Å². The Labute approximate surface area is 165 Å². The fourth-order valence-electron chi connectivity index (χ4n) is 3.96. The molecule has 2 aliphatic rings. The molecule has 2 atom stereocenters. The lowest BCUT2D eigenvalue weighted by Crippen LogP contribution is -2.62. The molecule has 0 aliphatic carbocycles. The summed E-state index contributed by atoms with van der Waals surface area (Å²) >= 11 is 0. The maximum absolute atomic E-state index is 13.2. The number of nitrogens with zero attached hydrogens (tertiary/aromatic N) is 2. The van der Waals surface area contributed by atoms with Crippen molar-refractivity contribution in [3.8, 4) is 0 Å². The van der Waals surface area contributed by atoms with E-state index in [0.29, 0.717) is 13.1 Å². The van der Waals surface area contributed by atoms with E-state index in [1.807, 2.05) is 48.5 Å². The summed E-state index contributed by atoms with van der Waals surface area (Å²) < 4.78 is 0. The first-order valence-electron chi connectivity index (χ1n) is 9.81. The van der Waals surface area contributed by atoms with Crippen molar-refractivity contribution in [2.45, 2.75) is 12.1 Å². The molecule has 2 saturated heterocycles. The Morgan fingerprint density at radius 3 is 1.54 bits per heavy atom. The number of rotatable bonds is 4. The van der Waals surface area contributed by atoms with E-state index in [-0.39, 0.29) is 17.9 Å². The fraction of sp³-hybridized carbons (Fsp3) is 0.381. The second-order valence-electron chi connectivity index (χ2n) is 7.49. The van der Waals surface area contributed by atoms with Gasteiger partial charge in [0.25, 0.3) is 0 Å². The minimum absolute atomic E-state index is 0.185. The van der Waals surface area contributed by atoms with Gasteiger partial charge < -0.3 is 31.9 Å². The number of carbonyl (C=O) groups is 1. The second kappa shape index (κ2) is 8.08. The largest absolute Gasteiger partial charge is 0.399 e. The van der Waals surface area contributed by atoms with Gasteiger partial charge in [0.2, 0.25) is 0 Å². The molecule has 2 aliphatic heterocycles. The van der Waals surface area contributed by atoms with Crippen molar-refractivity contribution in [3.05, 3.63) is 48.5 Å². The summed E-state index contributed by atoms with van der Waals surface area (Å²) in [7, 11) is 0. The van der Waals surface area contributed by atoms with Gasteiger partial charge in [-0.3, -0.25) is 4.79 Å². The van der Waals surface area contributed by atoms with Gasteiger partial charge in [0.1, 0.15) is 0 Å². The first kappa shape index (κ1) is 18.6. The summed E-state index contributed by atoms with van der Waals surface area (Å²) in [5.41, 5.74) is 15.3. The minimum Gasteiger partial charge on any atom is -0.399 e. The van der Waals surface area contributed by atoms with Gasteiger partial charge in [-0.1, -0.05) is 0 Å². The molecule has 2 heterocycles. The molecule has 0 bridgehead atoms. The molecule has 0 aromatic heterocycles. The predicted molar refractivity (Wildman–Crippen MR) is 115 cm³/mol. The molecular weight excluding hydrogens is 352 g/mol. The normalized spacial score (nSPS) is 22.9. The average molecular weight is 380 g/mol. The van der Waals surface area contributed by atoms with Crippen LogP contribution in [0.1, 0.15) is 0 Å². The Balaban J connectivity index is 1.41. The summed E-state index contributed by atoms with van der Waals surface area (Å²) in [5, 5.41) is 6.80. The summed E-state index contributed by atoms with van der Waals surface area (Å²) in [6.45, 7) is 4.67. The van der Waals surface area contributed by atoms with E-state index >= 15 is 0 Å². The number of nitrogens with two attached hydrogens (primary N) is 2. The van der Waals surface area contributed by atoms with Gasteiger partial charge in [-0.05, 0) is 48.5 Å². The number of hydrogen-bond acceptors (Lipinski definition) is 7. The molecule has 28 heavy (non-hydrogen) atoms. The number of ketones is 1. The van der Waals surface area contributed by atoms with Crippen molar-refractivity contribution in [2.75, 3.05) is 60.5 Å². The number of benzene rings is 2. The number of nitrogens with one attached hydrogen (secondary N) is 2. The van der Waals surface area contributed by atoms with Crippen LogP contribution in [0.25, 0.3) is 0 Å². The molecule has 6 N–H and O–H groups in total. The highest BCUT2D eigenvalue weighted by atomic mass is 16.1. The van der Waals surface area contributed by atoms with Crippen LogP contribution >= 0.6 is 0 Å². The molecule has 148 valence electrons. The molecule has 2 unspecified atom stereocenters. The third kappa shape index (κ3) is 4.05. The highest BCUT2D eigenvalue weighted by Gasteiger charge is 2.33. The Morgan fingerprint density at radius 1 is 0.750 bits per heavy atom. The lowest BCUT2D eigenvalue weighted by Gasteiger charge is -2.39. The number of hydrogen-bond donors (Lipinski definition) is 4. The molecule has 7 nitrogen and oxygen atoms in total. The monoisotopic (exact) mass is 380 g/mol. The maximum Gasteiger partial charge on any atom is 0.170 e. The van der Waals surface area contributed by atoms with Crippen molar-refractivity contribution in [2.24, 2.45) is 0 Å². The van der Waals surface area contributed by atoms with Crippen molar-refractivity contribution in [1.82, 2.24) is 10.6 Å². The average Bonchev–Trinajstić information content (AvgIpc) is 2.74. The predicted octanol–water partition coefficient (Wildman–Crippen LogP) is 0.677. The Bertz CT molecular complexity index is 739. The first-order valence-corrected chi connectivity index (χ1v) is 9.81. The van der Waals surface area contributed by atoms with E-state index < -0.39 is 0 Å². The van der Waals surface area contributed by atoms with Gasteiger partial charge in [0.05, 0.1) is 12.1 Å². The molecule has 2 aromatic carbocycles. The van der Waals surface area contributed by atoms with E-state index in [0.717, 1.165) is 48.9 Å². The summed E-state index contributed by atoms with van der Waals surface area (Å²) in [4.78, 5) is 17.7. The van der Waals surface area contributed by atoms with Crippen LogP contribution < -0.4 is 31.9 Å². The lowest BCUT2D eigenvalue weighted by molar-refractivity contribution is -0.123. The molecular formula is C21H28N6O. The smallest absolute Gasteiger partial charge is 0.170 e. The van der Waals surface area contributed by atoms with Crippen LogP contribution in [0.15, 0.2) is 48.5 Å². The fourth-order valence-corrected chi connectivity index (χ4v) is 3.96. The third-order valence-corrected chi connectivity index (χ3v) is 5.55. The van der Waals surface area contributed by atoms with Crippen LogP contribution in [0.3, 0.4) is 0 Å². The van der Waals surface area contributed by atoms with Crippen LogP contribution in [-0.4, -0.2) is 57.1 Å². The van der Waals surface area contributed by atoms with Gasteiger partial charge in [0.15, 0.2) is 5.78 Å². The highest BCUT2D eigenvalue weighted by molar-refractivity contribution is 5.90. The van der Waals surface area contributed by atoms with Crippen molar-refractivity contribution < 1.29 is 4.79 Å². The third-order valence-electron chi connectivity index (χ3n) is 5.55. The number of nitrogen functional groups attached to an aromatic ring is 2. The van der Waals surface area contributed by atoms with Crippen LogP contribution in [0.2, 0.25) is 0 Å². The molecule has 0 spiro atoms. The summed E-state index contributed by atoms with van der Waals surface area (Å²) in [6.07, 6.45) is 0. The summed E-state index contributed by atoms with van der Waals surface area (Å²) in [6, 6.07) is 15.3. The quantitative estimate of drug-likeness (QED) is 0.579. The van der Waals surface area contributed by atoms with Gasteiger partial charge in [0, 0.05) is 62.0 Å². The topological polar surface area (TPSA) is 99.7 Å². The van der Waals surface area contributed by atoms with Crippen LogP contribution in [0, 0.1) is 0 Å². The number of Topliss-reactive ketones (excluding diaryl/α,β-unsaturated/α-hetero) is 1. The van der Waals surface area contributed by atoms with Gasteiger partial charge in [-0.15, -0.1) is 0 Å². The number of carbonyl (C=O) groups excluding carboxylic acids is 1. The molecule has 4 rings (SSSR count). The Hall–Kier alpha value is -2.77. The van der Waals surface area contributed by atoms with Crippen LogP contribution in [-0.2, 0) is 4.79 Å². The van der Waals surface area contributed by atoms with Gasteiger partial charge in [-0.25, -0.2) is 0 Å². The van der Waals surface area contributed by atoms with Crippen molar-refractivity contribution in [3.63, 3.8) is 0 Å². The standard InChI is InChI=1S/C21H28N6O/c22-15-1-5-17(6-2-15)26-11-9-24-19(13-26)21(28)20-14-27(12-10-25-20)18-7-3-16(23)4-8-18/h1-8,19-20,24-25H,9-14,22-23H2. The Kier molecular flexibility index (Phi) is 5.36. The maximum atomic E-state index is 13.2. The second-order valence-corrected chi connectivity index (χ2v) is 7.49. The van der Waals surface area contributed by atoms with E-state index in [1.54, 1.807) is 0 Å². The number of anilines is 4. The zero-order chi connectivity index (χ0) is 19.5. The molecule has 0 amide bonds. The molecule has 0 radical (unpaired) electrons. The van der Waals surface area contributed by atoms with E-state index in [1.165, 1.54) is 0 Å². The number of piperazine rings is 2. The van der Waals surface area contributed by atoms with E-state index in [4.69, 9.17) is 11.5 Å². The van der Waals surface area contributed by atoms with Crippen LogP contribution in [0.5, 0.6) is 0 Å². The van der Waals surface area contributed by atoms with Crippen molar-refractivity contribution in [1.29, 1.82) is 0 Å². The van der Waals surface area contributed by atoms with Crippen molar-refractivity contribution >= 4 is 28.5 Å². The van der Waals surface area contributed by atoms with Gasteiger partial charge >= 0.3 is 0 Å². The molecule has 2 fully saturated rings. The minimum atomic E-state index is -0.185. The Morgan fingerprint density at radius 2 is 1.14 bits per heavy atom. The summed E-state index contributed by atoms with van der Waals surface area (Å²) in [5.74, 6) is 0.222. The SMILES string of the molecule is Nc1ccc(N2CCNC(C(=O)C3CN(c4ccc(N)cc4)CCN3)C2)cc1. The zero-order valence-electron chi connectivity index (χ0n) is 16.0. The van der Waals surface area contributed by atoms with E-state index in [9.17, 15) is 4.79 Å². The lowest BCUT2D eigenvalue weighted by atomic mass is 10.00. The molecule has 0 saturated carbocycles. The zero-order valence-corrected chi connectivity index (χ0v) is 16.0. The highest BCUT2D eigenvalue weighted by Crippen LogP contribution is 2.20. The first-order chi connectivity index (χ1) is 13.6.